The predicted octanol–water partition coefficient (Wildman–Crippen LogP) is 3.18. The number of aromatic amines is 1. The summed E-state index contributed by atoms with van der Waals surface area (Å²) in [5.41, 5.74) is 1.66. The molecule has 0 bridgehead atoms. The van der Waals surface area contributed by atoms with Crippen LogP contribution in [-0.4, -0.2) is 27.4 Å². The highest BCUT2D eigenvalue weighted by Gasteiger charge is 2.08. The van der Waals surface area contributed by atoms with Crippen molar-refractivity contribution in [2.45, 2.75) is 45.4 Å². The molecule has 0 unspecified atom stereocenters. The molecule has 3 aromatic rings. The fourth-order valence-corrected chi connectivity index (χ4v) is 3.73. The lowest BCUT2D eigenvalue weighted by atomic mass is 10.2. The van der Waals surface area contributed by atoms with Gasteiger partial charge in [0.15, 0.2) is 0 Å². The topological polar surface area (TPSA) is 87.7 Å². The van der Waals surface area contributed by atoms with E-state index in [-0.39, 0.29) is 11.5 Å². The molecule has 142 valence electrons. The molecule has 1 amide bonds. The Labute approximate surface area is 162 Å². The molecule has 3 rings (SSSR count). The lowest BCUT2D eigenvalue weighted by Gasteiger charge is -2.05. The first-order valence-corrected chi connectivity index (χ1v) is 10.1. The molecular weight excluding hydrogens is 360 g/mol. The molecule has 0 atom stereocenters. The number of carbonyl (C=O) groups excluding carboxylic acids is 1. The summed E-state index contributed by atoms with van der Waals surface area (Å²) in [6.45, 7) is 4.84. The van der Waals surface area contributed by atoms with E-state index in [1.165, 1.54) is 0 Å². The molecule has 27 heavy (non-hydrogen) atoms. The number of thiazole rings is 1. The molecule has 0 aliphatic heterocycles. The molecular formula is C20H24N4O2S. The number of hydrogen-bond acceptors (Lipinski definition) is 5. The maximum atomic E-state index is 12.0. The second-order valence-electron chi connectivity index (χ2n) is 6.80. The minimum absolute atomic E-state index is 0.0128. The molecule has 0 aliphatic rings. The number of nitrogens with one attached hydrogen (secondary N) is 2. The zero-order chi connectivity index (χ0) is 19.2. The van der Waals surface area contributed by atoms with Gasteiger partial charge in [0.1, 0.15) is 5.82 Å². The second kappa shape index (κ2) is 8.90. The number of nitrogens with zero attached hydrogens (tertiary/aromatic N) is 2. The van der Waals surface area contributed by atoms with Crippen molar-refractivity contribution >= 4 is 28.1 Å². The predicted molar refractivity (Wildman–Crippen MR) is 108 cm³/mol. The Kier molecular flexibility index (Phi) is 6.34. The lowest BCUT2D eigenvalue weighted by Crippen LogP contribution is -2.25. The van der Waals surface area contributed by atoms with Gasteiger partial charge in [-0.1, -0.05) is 26.0 Å². The minimum atomic E-state index is -0.135. The first-order valence-electron chi connectivity index (χ1n) is 9.22. The van der Waals surface area contributed by atoms with Gasteiger partial charge in [-0.25, -0.2) is 9.97 Å². The number of aryl methyl sites for hydroxylation is 1. The van der Waals surface area contributed by atoms with Crippen LogP contribution in [0.25, 0.3) is 10.9 Å². The van der Waals surface area contributed by atoms with Crippen LogP contribution in [0.2, 0.25) is 0 Å². The Bertz CT molecular complexity index is 977. The van der Waals surface area contributed by atoms with Crippen molar-refractivity contribution in [3.63, 3.8) is 0 Å². The van der Waals surface area contributed by atoms with E-state index in [9.17, 15) is 9.59 Å². The molecule has 2 N–H and O–H groups in total. The zero-order valence-corrected chi connectivity index (χ0v) is 16.4. The molecule has 7 heteroatoms. The smallest absolute Gasteiger partial charge is 0.258 e. The molecule has 0 radical (unpaired) electrons. The number of carbonyl (C=O) groups is 1. The van der Waals surface area contributed by atoms with Gasteiger partial charge < -0.3 is 10.3 Å². The standard InChI is InChI=1S/C20H24N4O2S/c1-13(2)16-12-27-19(23-16)10-11-21-18(25)9-5-8-17-22-15-7-4-3-6-14(15)20(26)24-17/h3-4,6-7,12-13H,5,8-11H2,1-2H3,(H,21,25)(H,22,24,26). The Morgan fingerprint density at radius 3 is 2.81 bits per heavy atom. The number of aromatic nitrogens is 3. The van der Waals surface area contributed by atoms with Crippen molar-refractivity contribution in [1.82, 2.24) is 20.3 Å². The summed E-state index contributed by atoms with van der Waals surface area (Å²) in [5.74, 6) is 1.06. The van der Waals surface area contributed by atoms with E-state index in [0.717, 1.165) is 17.1 Å². The SMILES string of the molecule is CC(C)c1csc(CCNC(=O)CCCc2nc3ccccc3c(=O)[nH]2)n1. The number of hydrogen-bond donors (Lipinski definition) is 2. The fourth-order valence-electron chi connectivity index (χ4n) is 2.77. The van der Waals surface area contributed by atoms with Crippen molar-refractivity contribution in [3.05, 3.63) is 56.5 Å². The maximum Gasteiger partial charge on any atom is 0.258 e. The van der Waals surface area contributed by atoms with Crippen molar-refractivity contribution in [2.24, 2.45) is 0 Å². The van der Waals surface area contributed by atoms with E-state index in [4.69, 9.17) is 0 Å². The second-order valence-corrected chi connectivity index (χ2v) is 7.75. The van der Waals surface area contributed by atoms with Crippen LogP contribution in [0.3, 0.4) is 0 Å². The van der Waals surface area contributed by atoms with Crippen molar-refractivity contribution < 1.29 is 4.79 Å². The molecule has 0 saturated heterocycles. The third-order valence-corrected chi connectivity index (χ3v) is 5.23. The van der Waals surface area contributed by atoms with Crippen LogP contribution in [0.5, 0.6) is 0 Å². The fraction of sp³-hybridized carbons (Fsp3) is 0.400. The van der Waals surface area contributed by atoms with Crippen LogP contribution in [0.15, 0.2) is 34.4 Å². The molecule has 2 aromatic heterocycles. The highest BCUT2D eigenvalue weighted by Crippen LogP contribution is 2.17. The monoisotopic (exact) mass is 384 g/mol. The molecule has 0 spiro atoms. The van der Waals surface area contributed by atoms with E-state index < -0.39 is 0 Å². The molecule has 6 nitrogen and oxygen atoms in total. The average molecular weight is 385 g/mol. The number of para-hydroxylation sites is 1. The van der Waals surface area contributed by atoms with Crippen LogP contribution in [0, 0.1) is 0 Å². The molecule has 0 saturated carbocycles. The number of benzene rings is 1. The largest absolute Gasteiger partial charge is 0.356 e. The summed E-state index contributed by atoms with van der Waals surface area (Å²) >= 11 is 1.64. The van der Waals surface area contributed by atoms with Gasteiger partial charge in [0.05, 0.1) is 21.6 Å². The van der Waals surface area contributed by atoms with E-state index in [2.05, 4.69) is 39.5 Å². The lowest BCUT2D eigenvalue weighted by molar-refractivity contribution is -0.121. The van der Waals surface area contributed by atoms with Crippen molar-refractivity contribution in [2.75, 3.05) is 6.54 Å². The third-order valence-electron chi connectivity index (χ3n) is 4.30. The maximum absolute atomic E-state index is 12.0. The van der Waals surface area contributed by atoms with Crippen molar-refractivity contribution in [3.8, 4) is 0 Å². The summed E-state index contributed by atoms with van der Waals surface area (Å²) in [7, 11) is 0. The summed E-state index contributed by atoms with van der Waals surface area (Å²) in [6.07, 6.45) is 2.37. The van der Waals surface area contributed by atoms with Gasteiger partial charge in [-0.15, -0.1) is 11.3 Å². The summed E-state index contributed by atoms with van der Waals surface area (Å²) in [4.78, 5) is 35.9. The molecule has 0 aliphatic carbocycles. The minimum Gasteiger partial charge on any atom is -0.356 e. The van der Waals surface area contributed by atoms with E-state index in [0.29, 0.717) is 48.5 Å². The van der Waals surface area contributed by atoms with Gasteiger partial charge in [0.2, 0.25) is 5.91 Å². The first-order chi connectivity index (χ1) is 13.0. The highest BCUT2D eigenvalue weighted by molar-refractivity contribution is 7.09. The van der Waals surface area contributed by atoms with Crippen LogP contribution in [0.1, 0.15) is 49.1 Å². The van der Waals surface area contributed by atoms with Gasteiger partial charge in [-0.05, 0) is 24.5 Å². The number of H-pyrrole nitrogens is 1. The average Bonchev–Trinajstić information content (AvgIpc) is 3.11. The van der Waals surface area contributed by atoms with Gasteiger partial charge in [0, 0.05) is 31.2 Å². The Balaban J connectivity index is 1.42. The number of rotatable bonds is 8. The normalized spacial score (nSPS) is 11.2. The van der Waals surface area contributed by atoms with Crippen LogP contribution in [-0.2, 0) is 17.6 Å². The quantitative estimate of drug-likeness (QED) is 0.624. The van der Waals surface area contributed by atoms with Gasteiger partial charge in [-0.3, -0.25) is 9.59 Å². The number of amides is 1. The third kappa shape index (κ3) is 5.23. The van der Waals surface area contributed by atoms with E-state index >= 15 is 0 Å². The molecule has 0 fully saturated rings. The Morgan fingerprint density at radius 2 is 2.04 bits per heavy atom. The summed E-state index contributed by atoms with van der Waals surface area (Å²) in [5, 5.41) is 6.65. The van der Waals surface area contributed by atoms with Crippen LogP contribution < -0.4 is 10.9 Å². The Hall–Kier alpha value is -2.54. The zero-order valence-electron chi connectivity index (χ0n) is 15.6. The first kappa shape index (κ1) is 19.2. The summed E-state index contributed by atoms with van der Waals surface area (Å²) < 4.78 is 0. The van der Waals surface area contributed by atoms with E-state index in [1.54, 1.807) is 17.4 Å². The molecule has 2 heterocycles. The highest BCUT2D eigenvalue weighted by atomic mass is 32.1. The van der Waals surface area contributed by atoms with Crippen LogP contribution >= 0.6 is 11.3 Å². The number of fused-ring (bicyclic) bond motifs is 1. The van der Waals surface area contributed by atoms with Crippen LogP contribution in [0.4, 0.5) is 0 Å². The van der Waals surface area contributed by atoms with Gasteiger partial charge in [0.25, 0.3) is 5.56 Å². The van der Waals surface area contributed by atoms with Gasteiger partial charge >= 0.3 is 0 Å². The summed E-state index contributed by atoms with van der Waals surface area (Å²) in [6, 6.07) is 7.26. The molecule has 1 aromatic carbocycles. The Morgan fingerprint density at radius 1 is 1.22 bits per heavy atom. The van der Waals surface area contributed by atoms with Gasteiger partial charge in [-0.2, -0.15) is 0 Å². The van der Waals surface area contributed by atoms with Crippen molar-refractivity contribution in [1.29, 1.82) is 0 Å². The van der Waals surface area contributed by atoms with E-state index in [1.807, 2.05) is 18.2 Å².